The molecule has 0 spiro atoms. The fraction of sp³-hybridized carbons (Fsp3) is 0.385. The van der Waals surface area contributed by atoms with Gasteiger partial charge in [0.05, 0.1) is 10.4 Å². The van der Waals surface area contributed by atoms with E-state index in [2.05, 4.69) is 21.2 Å². The lowest BCUT2D eigenvalue weighted by molar-refractivity contribution is -0.142. The topological polar surface area (TPSA) is 66.4 Å². The minimum atomic E-state index is -0.898. The molecule has 0 aliphatic heterocycles. The van der Waals surface area contributed by atoms with Crippen LogP contribution in [0.4, 0.5) is 4.39 Å². The van der Waals surface area contributed by atoms with Crippen molar-refractivity contribution in [1.82, 2.24) is 5.32 Å². The van der Waals surface area contributed by atoms with E-state index in [4.69, 9.17) is 5.11 Å². The Morgan fingerprint density at radius 1 is 1.37 bits per heavy atom. The van der Waals surface area contributed by atoms with Gasteiger partial charge in [-0.25, -0.2) is 4.39 Å². The van der Waals surface area contributed by atoms with Crippen molar-refractivity contribution in [1.29, 1.82) is 0 Å². The number of carboxylic acid groups (broad SMARTS) is 1. The van der Waals surface area contributed by atoms with Crippen LogP contribution in [0.2, 0.25) is 0 Å². The number of hydrogen-bond acceptors (Lipinski definition) is 2. The molecule has 1 aromatic carbocycles. The smallest absolute Gasteiger partial charge is 0.308 e. The van der Waals surface area contributed by atoms with Crippen molar-refractivity contribution in [3.63, 3.8) is 0 Å². The van der Waals surface area contributed by atoms with Crippen LogP contribution in [0.5, 0.6) is 0 Å². The first-order valence-corrected chi connectivity index (χ1v) is 6.77. The van der Waals surface area contributed by atoms with Crippen molar-refractivity contribution >= 4 is 27.8 Å². The van der Waals surface area contributed by atoms with Crippen molar-refractivity contribution < 1.29 is 19.1 Å². The number of benzene rings is 1. The predicted octanol–water partition coefficient (Wildman–Crippen LogP) is 2.57. The normalized spacial score (nSPS) is 22.2. The summed E-state index contributed by atoms with van der Waals surface area (Å²) in [7, 11) is 0. The highest BCUT2D eigenvalue weighted by Gasteiger charge is 2.34. The minimum absolute atomic E-state index is 0.191. The van der Waals surface area contributed by atoms with Crippen LogP contribution in [0.3, 0.4) is 0 Å². The molecule has 1 aromatic rings. The molecule has 1 saturated carbocycles. The fourth-order valence-corrected chi connectivity index (χ4v) is 2.56. The lowest BCUT2D eigenvalue weighted by Gasteiger charge is -2.17. The van der Waals surface area contributed by atoms with E-state index >= 15 is 0 Å². The average molecular weight is 330 g/mol. The van der Waals surface area contributed by atoms with Crippen LogP contribution in [0.15, 0.2) is 22.7 Å². The Kier molecular flexibility index (Phi) is 4.19. The van der Waals surface area contributed by atoms with Crippen LogP contribution in [-0.2, 0) is 4.79 Å². The van der Waals surface area contributed by atoms with Gasteiger partial charge in [0.2, 0.25) is 0 Å². The molecule has 0 bridgehead atoms. The Hall–Kier alpha value is -1.43. The number of carbonyl (C=O) groups is 2. The van der Waals surface area contributed by atoms with Crippen LogP contribution in [0.1, 0.15) is 29.6 Å². The number of aliphatic carboxylic acids is 1. The molecule has 6 heteroatoms. The molecular formula is C13H13BrFNO3. The number of carboxylic acids is 1. The van der Waals surface area contributed by atoms with Gasteiger partial charge in [0.1, 0.15) is 5.82 Å². The molecule has 1 aliphatic carbocycles. The molecule has 19 heavy (non-hydrogen) atoms. The molecule has 1 fully saturated rings. The lowest BCUT2D eigenvalue weighted by atomic mass is 10.0. The largest absolute Gasteiger partial charge is 0.481 e. The van der Waals surface area contributed by atoms with Gasteiger partial charge < -0.3 is 10.4 Å². The van der Waals surface area contributed by atoms with E-state index in [0.29, 0.717) is 12.8 Å². The number of halogens is 2. The van der Waals surface area contributed by atoms with Crippen LogP contribution < -0.4 is 5.32 Å². The molecule has 0 radical (unpaired) electrons. The van der Waals surface area contributed by atoms with Gasteiger partial charge in [-0.15, -0.1) is 0 Å². The molecule has 4 nitrogen and oxygen atoms in total. The standard InChI is InChI=1S/C13H13BrFNO3/c14-9-5-4-7(6-10(9)15)12(17)16-11-3-1-2-8(11)13(18)19/h4-6,8,11H,1-3H2,(H,16,17)(H,18,19). The average Bonchev–Trinajstić information content (AvgIpc) is 2.80. The van der Waals surface area contributed by atoms with Gasteiger partial charge in [-0.3, -0.25) is 9.59 Å². The van der Waals surface area contributed by atoms with Gasteiger partial charge in [-0.05, 0) is 47.0 Å². The van der Waals surface area contributed by atoms with Gasteiger partial charge in [0.25, 0.3) is 5.91 Å². The van der Waals surface area contributed by atoms with Crippen LogP contribution in [0.25, 0.3) is 0 Å². The van der Waals surface area contributed by atoms with E-state index in [0.717, 1.165) is 12.5 Å². The molecule has 2 rings (SSSR count). The van der Waals surface area contributed by atoms with E-state index < -0.39 is 23.6 Å². The summed E-state index contributed by atoms with van der Waals surface area (Å²) >= 11 is 3.01. The Morgan fingerprint density at radius 2 is 2.11 bits per heavy atom. The van der Waals surface area contributed by atoms with Crippen molar-refractivity contribution in [2.75, 3.05) is 0 Å². The lowest BCUT2D eigenvalue weighted by Crippen LogP contribution is -2.40. The fourth-order valence-electron chi connectivity index (χ4n) is 2.32. The molecule has 1 amide bonds. The summed E-state index contributed by atoms with van der Waals surface area (Å²) in [5.41, 5.74) is 0.191. The van der Waals surface area contributed by atoms with Crippen LogP contribution in [0, 0.1) is 11.7 Å². The molecule has 2 unspecified atom stereocenters. The first-order chi connectivity index (χ1) is 8.99. The van der Waals surface area contributed by atoms with Gasteiger partial charge in [0, 0.05) is 11.6 Å². The third kappa shape index (κ3) is 3.12. The maximum Gasteiger partial charge on any atom is 0.308 e. The van der Waals surface area contributed by atoms with Crippen molar-refractivity contribution in [3.05, 3.63) is 34.1 Å². The Labute approximate surface area is 118 Å². The van der Waals surface area contributed by atoms with Crippen LogP contribution in [-0.4, -0.2) is 23.0 Å². The Balaban J connectivity index is 2.08. The first-order valence-electron chi connectivity index (χ1n) is 5.98. The zero-order valence-electron chi connectivity index (χ0n) is 10.0. The van der Waals surface area contributed by atoms with E-state index in [1.54, 1.807) is 0 Å². The second kappa shape index (κ2) is 5.69. The minimum Gasteiger partial charge on any atom is -0.481 e. The third-order valence-corrected chi connectivity index (χ3v) is 3.97. The summed E-state index contributed by atoms with van der Waals surface area (Å²) in [6.07, 6.45) is 1.98. The van der Waals surface area contributed by atoms with Gasteiger partial charge in [0.15, 0.2) is 0 Å². The van der Waals surface area contributed by atoms with E-state index in [-0.39, 0.29) is 16.1 Å². The second-order valence-electron chi connectivity index (χ2n) is 4.58. The summed E-state index contributed by atoms with van der Waals surface area (Å²) in [5.74, 6) is -2.41. The van der Waals surface area contributed by atoms with E-state index in [9.17, 15) is 14.0 Å². The summed E-state index contributed by atoms with van der Waals surface area (Å²) < 4.78 is 13.6. The molecule has 0 aromatic heterocycles. The number of rotatable bonds is 3. The summed E-state index contributed by atoms with van der Waals surface area (Å²) in [4.78, 5) is 23.0. The number of nitrogens with one attached hydrogen (secondary N) is 1. The summed E-state index contributed by atoms with van der Waals surface area (Å²) in [6, 6.07) is 3.70. The molecule has 0 heterocycles. The van der Waals surface area contributed by atoms with Gasteiger partial charge in [-0.1, -0.05) is 6.42 Å². The van der Waals surface area contributed by atoms with E-state index in [1.807, 2.05) is 0 Å². The monoisotopic (exact) mass is 329 g/mol. The highest BCUT2D eigenvalue weighted by Crippen LogP contribution is 2.26. The zero-order valence-corrected chi connectivity index (χ0v) is 11.6. The summed E-state index contributed by atoms with van der Waals surface area (Å²) in [5, 5.41) is 11.7. The maximum atomic E-state index is 13.3. The zero-order chi connectivity index (χ0) is 14.0. The number of amides is 1. The highest BCUT2D eigenvalue weighted by atomic mass is 79.9. The van der Waals surface area contributed by atoms with Crippen LogP contribution >= 0.6 is 15.9 Å². The Bertz CT molecular complexity index is 521. The van der Waals surface area contributed by atoms with Gasteiger partial charge in [-0.2, -0.15) is 0 Å². The number of carbonyl (C=O) groups excluding carboxylic acids is 1. The van der Waals surface area contributed by atoms with Crippen molar-refractivity contribution in [2.45, 2.75) is 25.3 Å². The Morgan fingerprint density at radius 3 is 2.74 bits per heavy atom. The molecule has 0 saturated heterocycles. The van der Waals surface area contributed by atoms with Gasteiger partial charge >= 0.3 is 5.97 Å². The summed E-state index contributed by atoms with van der Waals surface area (Å²) in [6.45, 7) is 0. The van der Waals surface area contributed by atoms with Crippen molar-refractivity contribution in [2.24, 2.45) is 5.92 Å². The molecular weight excluding hydrogens is 317 g/mol. The number of hydrogen-bond donors (Lipinski definition) is 2. The third-order valence-electron chi connectivity index (χ3n) is 3.33. The first kappa shape index (κ1) is 14.0. The molecule has 2 N–H and O–H groups in total. The second-order valence-corrected chi connectivity index (χ2v) is 5.44. The molecule has 102 valence electrons. The SMILES string of the molecule is O=C(NC1CCCC1C(=O)O)c1ccc(Br)c(F)c1. The highest BCUT2D eigenvalue weighted by molar-refractivity contribution is 9.10. The quantitative estimate of drug-likeness (QED) is 0.895. The molecule has 2 atom stereocenters. The maximum absolute atomic E-state index is 13.3. The van der Waals surface area contributed by atoms with E-state index in [1.165, 1.54) is 12.1 Å². The molecule has 1 aliphatic rings. The predicted molar refractivity (Wildman–Crippen MR) is 70.3 cm³/mol. The van der Waals surface area contributed by atoms with Crippen molar-refractivity contribution in [3.8, 4) is 0 Å².